The highest BCUT2D eigenvalue weighted by molar-refractivity contribution is 7.89. The average Bonchev–Trinajstić information content (AvgIpc) is 2.55. The smallest absolute Gasteiger partial charge is 0.246 e. The molecule has 8 heteroatoms. The predicted octanol–water partition coefficient (Wildman–Crippen LogP) is -0.118. The number of sulfonamides is 1. The van der Waals surface area contributed by atoms with Gasteiger partial charge in [0, 0.05) is 13.1 Å². The molecular weight excluding hydrogens is 270 g/mol. The van der Waals surface area contributed by atoms with E-state index in [1.54, 1.807) is 32.8 Å². The minimum absolute atomic E-state index is 0.0353. The summed E-state index contributed by atoms with van der Waals surface area (Å²) in [6.07, 6.45) is 0. The van der Waals surface area contributed by atoms with Gasteiger partial charge in [0.1, 0.15) is 10.6 Å². The zero-order valence-electron chi connectivity index (χ0n) is 11.9. The molecule has 1 atom stereocenters. The molecule has 0 bridgehead atoms. The molecule has 7 nitrogen and oxygen atoms in total. The van der Waals surface area contributed by atoms with E-state index in [9.17, 15) is 13.5 Å². The Bertz CT molecular complexity index is 515. The lowest BCUT2D eigenvalue weighted by atomic mass is 10.1. The van der Waals surface area contributed by atoms with E-state index >= 15 is 0 Å². The normalized spacial score (nSPS) is 15.7. The van der Waals surface area contributed by atoms with Gasteiger partial charge in [0.2, 0.25) is 10.0 Å². The number of likely N-dealkylation sites (N-methyl/N-ethyl adjacent to an activating group) is 1. The minimum Gasteiger partial charge on any atom is -0.387 e. The van der Waals surface area contributed by atoms with Gasteiger partial charge in [0.05, 0.1) is 5.60 Å². The van der Waals surface area contributed by atoms with E-state index in [2.05, 4.69) is 9.88 Å². The van der Waals surface area contributed by atoms with Crippen molar-refractivity contribution in [2.24, 2.45) is 0 Å². The quantitative estimate of drug-likeness (QED) is 0.759. The van der Waals surface area contributed by atoms with Gasteiger partial charge < -0.3 is 14.5 Å². The summed E-state index contributed by atoms with van der Waals surface area (Å²) in [5, 5.41) is 13.7. The van der Waals surface area contributed by atoms with E-state index in [1.165, 1.54) is 6.92 Å². The monoisotopic (exact) mass is 291 g/mol. The summed E-state index contributed by atoms with van der Waals surface area (Å²) in [6, 6.07) is 0. The second-order valence-corrected chi connectivity index (χ2v) is 6.92. The lowest BCUT2D eigenvalue weighted by Crippen LogP contribution is -2.47. The molecular formula is C11H21N3O4S. The second kappa shape index (κ2) is 5.58. The number of aryl methyl sites for hydroxylation is 2. The number of aromatic nitrogens is 1. The van der Waals surface area contributed by atoms with Gasteiger partial charge in [-0.2, -0.15) is 0 Å². The highest BCUT2D eigenvalue weighted by atomic mass is 32.2. The molecule has 0 aromatic carbocycles. The summed E-state index contributed by atoms with van der Waals surface area (Å²) >= 11 is 0. The first-order valence-corrected chi connectivity index (χ1v) is 7.33. The molecule has 0 aliphatic heterocycles. The molecule has 2 N–H and O–H groups in total. The van der Waals surface area contributed by atoms with Crippen LogP contribution in [0.5, 0.6) is 0 Å². The highest BCUT2D eigenvalue weighted by Gasteiger charge is 2.28. The van der Waals surface area contributed by atoms with Crippen molar-refractivity contribution in [2.45, 2.75) is 31.3 Å². The fourth-order valence-electron chi connectivity index (χ4n) is 1.92. The highest BCUT2D eigenvalue weighted by Crippen LogP contribution is 2.18. The zero-order chi connectivity index (χ0) is 14.8. The number of rotatable bonds is 6. The summed E-state index contributed by atoms with van der Waals surface area (Å²) in [7, 11) is -0.126. The van der Waals surface area contributed by atoms with Crippen LogP contribution in [0.4, 0.5) is 0 Å². The van der Waals surface area contributed by atoms with Gasteiger partial charge in [-0.25, -0.2) is 13.1 Å². The van der Waals surface area contributed by atoms with E-state index in [0.717, 1.165) is 0 Å². The number of nitrogens with one attached hydrogen (secondary N) is 1. The number of hydrogen-bond donors (Lipinski definition) is 2. The van der Waals surface area contributed by atoms with Crippen molar-refractivity contribution in [2.75, 3.05) is 27.2 Å². The zero-order valence-corrected chi connectivity index (χ0v) is 12.7. The van der Waals surface area contributed by atoms with Crippen LogP contribution in [0, 0.1) is 13.8 Å². The molecule has 1 aromatic rings. The van der Waals surface area contributed by atoms with Crippen LogP contribution in [-0.2, 0) is 10.0 Å². The Morgan fingerprint density at radius 3 is 2.42 bits per heavy atom. The topological polar surface area (TPSA) is 95.7 Å². The van der Waals surface area contributed by atoms with E-state index in [4.69, 9.17) is 4.52 Å². The lowest BCUT2D eigenvalue weighted by Gasteiger charge is -2.26. The van der Waals surface area contributed by atoms with Gasteiger partial charge in [0.25, 0.3) is 0 Å². The van der Waals surface area contributed by atoms with E-state index in [0.29, 0.717) is 12.2 Å². The van der Waals surface area contributed by atoms with Crippen LogP contribution in [-0.4, -0.2) is 56.4 Å². The number of aliphatic hydroxyl groups is 1. The summed E-state index contributed by atoms with van der Waals surface area (Å²) in [6.45, 7) is 4.92. The molecule has 1 unspecified atom stereocenters. The maximum absolute atomic E-state index is 12.1. The molecule has 0 fully saturated rings. The Morgan fingerprint density at radius 2 is 2.00 bits per heavy atom. The number of hydrogen-bond acceptors (Lipinski definition) is 6. The van der Waals surface area contributed by atoms with Gasteiger partial charge in [-0.15, -0.1) is 0 Å². The van der Waals surface area contributed by atoms with Crippen molar-refractivity contribution in [3.63, 3.8) is 0 Å². The molecule has 0 saturated heterocycles. The Hall–Kier alpha value is -0.960. The van der Waals surface area contributed by atoms with E-state index in [-0.39, 0.29) is 17.2 Å². The number of nitrogens with zero attached hydrogens (tertiary/aromatic N) is 2. The Balaban J connectivity index is 2.83. The molecule has 1 rings (SSSR count). The minimum atomic E-state index is -3.73. The van der Waals surface area contributed by atoms with Gasteiger partial charge in [0.15, 0.2) is 5.76 Å². The summed E-state index contributed by atoms with van der Waals surface area (Å²) in [5.41, 5.74) is -0.854. The van der Waals surface area contributed by atoms with Crippen molar-refractivity contribution in [1.29, 1.82) is 0 Å². The molecule has 19 heavy (non-hydrogen) atoms. The van der Waals surface area contributed by atoms with Crippen molar-refractivity contribution in [3.8, 4) is 0 Å². The molecule has 0 aliphatic rings. The maximum atomic E-state index is 12.1. The van der Waals surface area contributed by atoms with Crippen LogP contribution < -0.4 is 4.72 Å². The lowest BCUT2D eigenvalue weighted by molar-refractivity contribution is 0.0386. The van der Waals surface area contributed by atoms with Crippen molar-refractivity contribution in [3.05, 3.63) is 11.5 Å². The Morgan fingerprint density at radius 1 is 1.42 bits per heavy atom. The molecule has 0 spiro atoms. The van der Waals surface area contributed by atoms with Gasteiger partial charge in [-0.05, 0) is 34.9 Å². The first-order valence-electron chi connectivity index (χ1n) is 5.85. The predicted molar refractivity (Wildman–Crippen MR) is 70.3 cm³/mol. The third-order valence-corrected chi connectivity index (χ3v) is 4.18. The fraction of sp³-hybridized carbons (Fsp3) is 0.727. The molecule has 1 aromatic heterocycles. The Labute approximate surface area is 113 Å². The standard InChI is InChI=1S/C11H21N3O4S/c1-8-10(9(2)18-13-8)19(16,17)12-6-11(3,15)7-14(4)5/h12,15H,6-7H2,1-5H3. The molecule has 0 aliphatic carbocycles. The van der Waals surface area contributed by atoms with Crippen LogP contribution in [0.25, 0.3) is 0 Å². The fourth-order valence-corrected chi connectivity index (χ4v) is 3.41. The second-order valence-electron chi connectivity index (χ2n) is 5.21. The van der Waals surface area contributed by atoms with Gasteiger partial charge in [-0.1, -0.05) is 5.16 Å². The van der Waals surface area contributed by atoms with Crippen molar-refractivity contribution in [1.82, 2.24) is 14.8 Å². The molecule has 0 amide bonds. The summed E-state index contributed by atoms with van der Waals surface area (Å²) in [5.74, 6) is 0.234. The largest absolute Gasteiger partial charge is 0.387 e. The summed E-state index contributed by atoms with van der Waals surface area (Å²) < 4.78 is 31.5. The van der Waals surface area contributed by atoms with Gasteiger partial charge in [-0.3, -0.25) is 0 Å². The molecule has 0 saturated carbocycles. The SMILES string of the molecule is Cc1noc(C)c1S(=O)(=O)NCC(C)(O)CN(C)C. The molecule has 110 valence electrons. The van der Waals surface area contributed by atoms with Crippen LogP contribution in [0.1, 0.15) is 18.4 Å². The maximum Gasteiger partial charge on any atom is 0.246 e. The van der Waals surface area contributed by atoms with Crippen LogP contribution in [0.2, 0.25) is 0 Å². The Kier molecular flexibility index (Phi) is 4.72. The first kappa shape index (κ1) is 16.1. The molecule has 0 radical (unpaired) electrons. The van der Waals surface area contributed by atoms with Crippen molar-refractivity contribution >= 4 is 10.0 Å². The van der Waals surface area contributed by atoms with Crippen LogP contribution in [0.15, 0.2) is 9.42 Å². The van der Waals surface area contributed by atoms with E-state index in [1.807, 2.05) is 0 Å². The average molecular weight is 291 g/mol. The van der Waals surface area contributed by atoms with Gasteiger partial charge >= 0.3 is 0 Å². The molecule has 1 heterocycles. The van der Waals surface area contributed by atoms with Crippen LogP contribution in [0.3, 0.4) is 0 Å². The third kappa shape index (κ3) is 4.27. The van der Waals surface area contributed by atoms with E-state index < -0.39 is 15.6 Å². The van der Waals surface area contributed by atoms with Crippen molar-refractivity contribution < 1.29 is 18.0 Å². The van der Waals surface area contributed by atoms with Crippen LogP contribution >= 0.6 is 0 Å². The third-order valence-electron chi connectivity index (χ3n) is 2.54. The first-order chi connectivity index (χ1) is 8.55. The summed E-state index contributed by atoms with van der Waals surface area (Å²) in [4.78, 5) is 1.82.